The van der Waals surface area contributed by atoms with Gasteiger partial charge in [0.05, 0.1) is 6.07 Å². The van der Waals surface area contributed by atoms with Gasteiger partial charge in [-0.15, -0.1) is 0 Å². The highest BCUT2D eigenvalue weighted by atomic mass is 15.2. The number of nitriles is 1. The van der Waals surface area contributed by atoms with Gasteiger partial charge in [-0.05, 0) is 33.7 Å². The Morgan fingerprint density at radius 3 is 2.23 bits per heavy atom. The van der Waals surface area contributed by atoms with E-state index in [1.165, 1.54) is 32.1 Å². The Hall–Kier alpha value is -0.550. The highest BCUT2D eigenvalue weighted by Gasteiger charge is 2.29. The Labute approximate surface area is 81.5 Å². The number of rotatable bonds is 2. The van der Waals surface area contributed by atoms with Crippen molar-refractivity contribution in [3.8, 4) is 6.07 Å². The van der Waals surface area contributed by atoms with Crippen molar-refractivity contribution in [2.45, 2.75) is 57.5 Å². The molecule has 2 nitrogen and oxygen atoms in total. The summed E-state index contributed by atoms with van der Waals surface area (Å²) in [6.45, 7) is 4.00. The van der Waals surface area contributed by atoms with Crippen molar-refractivity contribution >= 4 is 0 Å². The molecular formula is C11H20N2. The zero-order valence-corrected chi connectivity index (χ0v) is 9.01. The Morgan fingerprint density at radius 2 is 1.77 bits per heavy atom. The van der Waals surface area contributed by atoms with Crippen LogP contribution in [0.2, 0.25) is 0 Å². The SMILES string of the molecule is CN(C1CCCCC1)C(C)(C)C#N. The molecule has 0 atom stereocenters. The minimum atomic E-state index is -0.304. The van der Waals surface area contributed by atoms with Crippen LogP contribution in [-0.2, 0) is 0 Å². The van der Waals surface area contributed by atoms with Gasteiger partial charge in [-0.2, -0.15) is 5.26 Å². The zero-order chi connectivity index (χ0) is 9.90. The Morgan fingerprint density at radius 1 is 1.23 bits per heavy atom. The molecule has 1 rings (SSSR count). The highest BCUT2D eigenvalue weighted by molar-refractivity contribution is 5.02. The van der Waals surface area contributed by atoms with Crippen LogP contribution in [-0.4, -0.2) is 23.5 Å². The minimum Gasteiger partial charge on any atom is -0.286 e. The molecule has 0 amide bonds. The summed E-state index contributed by atoms with van der Waals surface area (Å²) in [7, 11) is 2.08. The Bertz CT molecular complexity index is 197. The van der Waals surface area contributed by atoms with E-state index < -0.39 is 0 Å². The lowest BCUT2D eigenvalue weighted by Crippen LogP contribution is -2.47. The third-order valence-electron chi connectivity index (χ3n) is 3.28. The maximum atomic E-state index is 9.00. The third kappa shape index (κ3) is 2.45. The fourth-order valence-electron chi connectivity index (χ4n) is 2.00. The summed E-state index contributed by atoms with van der Waals surface area (Å²) in [5.41, 5.74) is -0.304. The van der Waals surface area contributed by atoms with Crippen molar-refractivity contribution in [1.29, 1.82) is 5.26 Å². The normalized spacial score (nSPS) is 20.2. The van der Waals surface area contributed by atoms with Gasteiger partial charge in [0.25, 0.3) is 0 Å². The van der Waals surface area contributed by atoms with Crippen LogP contribution in [0.15, 0.2) is 0 Å². The van der Waals surface area contributed by atoms with Gasteiger partial charge in [-0.1, -0.05) is 19.3 Å². The van der Waals surface area contributed by atoms with Crippen LogP contribution in [0.1, 0.15) is 46.0 Å². The van der Waals surface area contributed by atoms with E-state index in [9.17, 15) is 0 Å². The number of nitrogens with zero attached hydrogens (tertiary/aromatic N) is 2. The second-order valence-electron chi connectivity index (χ2n) is 4.57. The van der Waals surface area contributed by atoms with E-state index in [2.05, 4.69) is 18.0 Å². The molecule has 1 saturated carbocycles. The molecule has 0 aromatic heterocycles. The molecule has 0 saturated heterocycles. The minimum absolute atomic E-state index is 0.304. The first-order chi connectivity index (χ1) is 6.08. The van der Waals surface area contributed by atoms with Gasteiger partial charge in [-0.3, -0.25) is 4.90 Å². The fraction of sp³-hybridized carbons (Fsp3) is 0.909. The molecule has 0 aliphatic heterocycles. The standard InChI is InChI=1S/C11H20N2/c1-11(2,9-12)13(3)10-7-5-4-6-8-10/h10H,4-8H2,1-3H3. The summed E-state index contributed by atoms with van der Waals surface area (Å²) in [5, 5.41) is 9.00. The average Bonchev–Trinajstić information content (AvgIpc) is 2.18. The van der Waals surface area contributed by atoms with Gasteiger partial charge < -0.3 is 0 Å². The van der Waals surface area contributed by atoms with Crippen LogP contribution in [0.5, 0.6) is 0 Å². The first kappa shape index (κ1) is 10.5. The molecule has 0 N–H and O–H groups in total. The second kappa shape index (κ2) is 4.11. The molecule has 13 heavy (non-hydrogen) atoms. The van der Waals surface area contributed by atoms with Gasteiger partial charge >= 0.3 is 0 Å². The van der Waals surface area contributed by atoms with Crippen LogP contribution in [0.4, 0.5) is 0 Å². The predicted molar refractivity (Wildman–Crippen MR) is 54.3 cm³/mol. The van der Waals surface area contributed by atoms with Crippen LogP contribution in [0, 0.1) is 11.3 Å². The molecule has 0 aromatic carbocycles. The van der Waals surface area contributed by atoms with Gasteiger partial charge in [0.2, 0.25) is 0 Å². The van der Waals surface area contributed by atoms with E-state index in [1.54, 1.807) is 0 Å². The van der Waals surface area contributed by atoms with Crippen LogP contribution >= 0.6 is 0 Å². The molecule has 0 radical (unpaired) electrons. The van der Waals surface area contributed by atoms with E-state index in [1.807, 2.05) is 13.8 Å². The molecule has 2 heteroatoms. The molecule has 1 aliphatic carbocycles. The Kier molecular flexibility index (Phi) is 3.33. The molecule has 0 spiro atoms. The Balaban J connectivity index is 2.55. The van der Waals surface area contributed by atoms with E-state index in [4.69, 9.17) is 5.26 Å². The van der Waals surface area contributed by atoms with Gasteiger partial charge in [0, 0.05) is 6.04 Å². The molecule has 0 bridgehead atoms. The summed E-state index contributed by atoms with van der Waals surface area (Å²) in [6, 6.07) is 2.99. The second-order valence-corrected chi connectivity index (χ2v) is 4.57. The van der Waals surface area contributed by atoms with E-state index in [0.29, 0.717) is 6.04 Å². The van der Waals surface area contributed by atoms with Gasteiger partial charge in [-0.25, -0.2) is 0 Å². The summed E-state index contributed by atoms with van der Waals surface area (Å²) < 4.78 is 0. The fourth-order valence-corrected chi connectivity index (χ4v) is 2.00. The molecular weight excluding hydrogens is 160 g/mol. The van der Waals surface area contributed by atoms with Crippen molar-refractivity contribution in [3.63, 3.8) is 0 Å². The summed E-state index contributed by atoms with van der Waals surface area (Å²) in [5.74, 6) is 0. The molecule has 0 aromatic rings. The summed E-state index contributed by atoms with van der Waals surface area (Å²) >= 11 is 0. The lowest BCUT2D eigenvalue weighted by Gasteiger charge is -2.38. The zero-order valence-electron chi connectivity index (χ0n) is 9.01. The van der Waals surface area contributed by atoms with E-state index in [0.717, 1.165) is 0 Å². The van der Waals surface area contributed by atoms with Crippen LogP contribution in [0.3, 0.4) is 0 Å². The molecule has 0 heterocycles. The van der Waals surface area contributed by atoms with Crippen LogP contribution < -0.4 is 0 Å². The number of hydrogen-bond donors (Lipinski definition) is 0. The lowest BCUT2D eigenvalue weighted by atomic mass is 9.91. The quantitative estimate of drug-likeness (QED) is 0.653. The van der Waals surface area contributed by atoms with E-state index >= 15 is 0 Å². The molecule has 1 fully saturated rings. The third-order valence-corrected chi connectivity index (χ3v) is 3.28. The topological polar surface area (TPSA) is 27.0 Å². The van der Waals surface area contributed by atoms with E-state index in [-0.39, 0.29) is 5.54 Å². The smallest absolute Gasteiger partial charge is 0.103 e. The molecule has 74 valence electrons. The lowest BCUT2D eigenvalue weighted by molar-refractivity contribution is 0.115. The van der Waals surface area contributed by atoms with Crippen LogP contribution in [0.25, 0.3) is 0 Å². The van der Waals surface area contributed by atoms with Crippen molar-refractivity contribution < 1.29 is 0 Å². The summed E-state index contributed by atoms with van der Waals surface area (Å²) in [4.78, 5) is 2.24. The van der Waals surface area contributed by atoms with Crippen molar-refractivity contribution in [2.75, 3.05) is 7.05 Å². The maximum absolute atomic E-state index is 9.00. The first-order valence-corrected chi connectivity index (χ1v) is 5.22. The van der Waals surface area contributed by atoms with Crippen molar-refractivity contribution in [2.24, 2.45) is 0 Å². The highest BCUT2D eigenvalue weighted by Crippen LogP contribution is 2.26. The first-order valence-electron chi connectivity index (χ1n) is 5.22. The van der Waals surface area contributed by atoms with Crippen molar-refractivity contribution in [3.05, 3.63) is 0 Å². The van der Waals surface area contributed by atoms with Gasteiger partial charge in [0.1, 0.15) is 5.54 Å². The summed E-state index contributed by atoms with van der Waals surface area (Å²) in [6.07, 6.45) is 6.56. The monoisotopic (exact) mass is 180 g/mol. The number of hydrogen-bond acceptors (Lipinski definition) is 2. The maximum Gasteiger partial charge on any atom is 0.103 e. The van der Waals surface area contributed by atoms with Gasteiger partial charge in [0.15, 0.2) is 0 Å². The largest absolute Gasteiger partial charge is 0.286 e. The van der Waals surface area contributed by atoms with Crippen molar-refractivity contribution in [1.82, 2.24) is 4.90 Å². The molecule has 0 unspecified atom stereocenters. The average molecular weight is 180 g/mol. The predicted octanol–water partition coefficient (Wildman–Crippen LogP) is 2.55. The molecule has 1 aliphatic rings.